The van der Waals surface area contributed by atoms with Gasteiger partial charge in [0.05, 0.1) is 11.6 Å². The number of aromatic carboxylic acids is 1. The van der Waals surface area contributed by atoms with Crippen molar-refractivity contribution in [1.82, 2.24) is 14.0 Å². The Hall–Kier alpha value is -3.37. The van der Waals surface area contributed by atoms with Crippen LogP contribution in [0.25, 0.3) is 0 Å². The molecular formula is C25H26F3N3O5. The Morgan fingerprint density at radius 2 is 1.67 bits per heavy atom. The highest BCUT2D eigenvalue weighted by molar-refractivity contribution is 5.86. The minimum absolute atomic E-state index is 0.0217. The zero-order valence-electron chi connectivity index (χ0n) is 19.5. The largest absolute Gasteiger partial charge is 0.477 e. The van der Waals surface area contributed by atoms with Crippen LogP contribution in [0, 0.1) is 0 Å². The van der Waals surface area contributed by atoms with Gasteiger partial charge in [0.2, 0.25) is 5.91 Å². The Kier molecular flexibility index (Phi) is 6.04. The van der Waals surface area contributed by atoms with Crippen LogP contribution in [-0.4, -0.2) is 43.6 Å². The number of benzene rings is 1. The summed E-state index contributed by atoms with van der Waals surface area (Å²) in [6.07, 6.45) is 0.280. The van der Waals surface area contributed by atoms with Crippen molar-refractivity contribution < 1.29 is 27.9 Å². The van der Waals surface area contributed by atoms with Gasteiger partial charge in [-0.15, -0.1) is 0 Å². The molecule has 5 rings (SSSR count). The zero-order chi connectivity index (χ0) is 25.8. The number of hydrogen-bond donors (Lipinski definition) is 1. The van der Waals surface area contributed by atoms with E-state index in [0.717, 1.165) is 23.3 Å². The van der Waals surface area contributed by atoms with Gasteiger partial charge >= 0.3 is 17.8 Å². The average Bonchev–Trinajstić information content (AvgIpc) is 3.45. The maximum Gasteiger partial charge on any atom is 0.416 e. The summed E-state index contributed by atoms with van der Waals surface area (Å²) in [5.74, 6) is -1.38. The van der Waals surface area contributed by atoms with E-state index in [1.165, 1.54) is 16.7 Å². The summed E-state index contributed by atoms with van der Waals surface area (Å²) in [5, 5.41) is 9.69. The van der Waals surface area contributed by atoms with Crippen molar-refractivity contribution in [1.29, 1.82) is 0 Å². The fourth-order valence-electron chi connectivity index (χ4n) is 6.14. The second-order valence-electron chi connectivity index (χ2n) is 9.79. The van der Waals surface area contributed by atoms with Crippen LogP contribution in [0.1, 0.15) is 84.1 Å². The van der Waals surface area contributed by atoms with Crippen LogP contribution < -0.4 is 11.2 Å². The minimum Gasteiger partial charge on any atom is -0.477 e. The normalized spacial score (nSPS) is 24.2. The van der Waals surface area contributed by atoms with Crippen LogP contribution in [0.3, 0.4) is 0 Å². The van der Waals surface area contributed by atoms with E-state index < -0.39 is 40.6 Å². The Labute approximate surface area is 204 Å². The maximum absolute atomic E-state index is 13.6. The van der Waals surface area contributed by atoms with E-state index in [4.69, 9.17) is 0 Å². The Morgan fingerprint density at radius 1 is 0.972 bits per heavy atom. The number of rotatable bonds is 4. The molecule has 0 spiro atoms. The third-order valence-electron chi connectivity index (χ3n) is 7.84. The van der Waals surface area contributed by atoms with Crippen molar-refractivity contribution in [3.05, 3.63) is 67.5 Å². The summed E-state index contributed by atoms with van der Waals surface area (Å²) in [5.41, 5.74) is -2.89. The zero-order valence-corrected chi connectivity index (χ0v) is 19.5. The topological polar surface area (TPSA) is 102 Å². The molecule has 2 fully saturated rings. The van der Waals surface area contributed by atoms with Gasteiger partial charge in [-0.05, 0) is 62.1 Å². The number of aromatic nitrogens is 2. The van der Waals surface area contributed by atoms with E-state index >= 15 is 0 Å². The summed E-state index contributed by atoms with van der Waals surface area (Å²) in [7, 11) is 0. The van der Waals surface area contributed by atoms with Gasteiger partial charge in [-0.1, -0.05) is 12.1 Å². The molecule has 0 bridgehead atoms. The van der Waals surface area contributed by atoms with E-state index in [9.17, 15) is 37.5 Å². The molecule has 1 saturated heterocycles. The monoisotopic (exact) mass is 505 g/mol. The molecule has 1 N–H and O–H groups in total. The van der Waals surface area contributed by atoms with E-state index in [1.54, 1.807) is 0 Å². The summed E-state index contributed by atoms with van der Waals surface area (Å²) in [4.78, 5) is 52.6. The minimum atomic E-state index is -4.58. The predicted octanol–water partition coefficient (Wildman–Crippen LogP) is 3.37. The molecule has 3 aliphatic rings. The van der Waals surface area contributed by atoms with Crippen LogP contribution >= 0.6 is 0 Å². The maximum atomic E-state index is 13.6. The van der Waals surface area contributed by atoms with E-state index in [0.29, 0.717) is 38.6 Å². The number of carboxylic acid groups (broad SMARTS) is 1. The first-order valence-electron chi connectivity index (χ1n) is 12.2. The first-order valence-corrected chi connectivity index (χ1v) is 12.2. The molecule has 1 saturated carbocycles. The van der Waals surface area contributed by atoms with Crippen LogP contribution in [0.5, 0.6) is 0 Å². The fraction of sp³-hybridized carbons (Fsp3) is 0.520. The second-order valence-corrected chi connectivity index (χ2v) is 9.79. The van der Waals surface area contributed by atoms with Crippen LogP contribution in [0.4, 0.5) is 13.2 Å². The number of alkyl halides is 3. The first kappa shape index (κ1) is 24.3. The number of likely N-dealkylation sites (tertiary alicyclic amines) is 1. The molecular weight excluding hydrogens is 479 g/mol. The Bertz CT molecular complexity index is 1340. The van der Waals surface area contributed by atoms with Gasteiger partial charge in [0.15, 0.2) is 0 Å². The van der Waals surface area contributed by atoms with Gasteiger partial charge in [-0.2, -0.15) is 13.2 Å². The summed E-state index contributed by atoms with van der Waals surface area (Å²) >= 11 is 0. The molecule has 2 aliphatic carbocycles. The number of fused-ring (bicyclic) bond motifs is 1. The number of halogens is 3. The summed E-state index contributed by atoms with van der Waals surface area (Å²) in [6.45, 7) is 0.711. The van der Waals surface area contributed by atoms with Gasteiger partial charge in [0.25, 0.3) is 5.56 Å². The molecule has 8 nitrogen and oxygen atoms in total. The highest BCUT2D eigenvalue weighted by Crippen LogP contribution is 2.41. The van der Waals surface area contributed by atoms with Crippen LogP contribution in [0.2, 0.25) is 0 Å². The molecule has 1 aromatic carbocycles. The standard InChI is InChI=1S/C25H26F3N3O5/c26-25(27,28)19-4-1-3-17-16(19)10-11-20(17)31-22(33)18(23(34)35)13-30(24(31)36)15-8-6-14(7-9-15)29-12-2-5-21(29)32/h1,3-4,13-15,20H,2,5-12H2,(H,34,35)/t14?,15?,20-/m1/s1. The molecule has 11 heteroatoms. The smallest absolute Gasteiger partial charge is 0.416 e. The van der Waals surface area contributed by atoms with Crippen molar-refractivity contribution in [2.24, 2.45) is 0 Å². The number of carbonyl (C=O) groups is 2. The lowest BCUT2D eigenvalue weighted by Crippen LogP contribution is -2.46. The molecule has 1 aliphatic heterocycles. The van der Waals surface area contributed by atoms with Crippen molar-refractivity contribution in [2.75, 3.05) is 6.54 Å². The van der Waals surface area contributed by atoms with Crippen molar-refractivity contribution in [2.45, 2.75) is 75.7 Å². The SMILES string of the molecule is O=C(O)c1cn(C2CCC(N3CCCC3=O)CC2)c(=O)n([C@@H]2CCc3c2cccc3C(F)(F)F)c1=O. The first-order chi connectivity index (χ1) is 17.1. The van der Waals surface area contributed by atoms with E-state index in [1.807, 2.05) is 4.90 Å². The van der Waals surface area contributed by atoms with Gasteiger partial charge in [-0.25, -0.2) is 9.59 Å². The lowest BCUT2D eigenvalue weighted by molar-refractivity contribution is -0.138. The molecule has 2 aromatic rings. The van der Waals surface area contributed by atoms with E-state index in [-0.39, 0.29) is 42.0 Å². The van der Waals surface area contributed by atoms with Crippen molar-refractivity contribution >= 4 is 11.9 Å². The number of amides is 1. The predicted molar refractivity (Wildman–Crippen MR) is 122 cm³/mol. The summed E-state index contributed by atoms with van der Waals surface area (Å²) < 4.78 is 42.7. The number of carboxylic acids is 1. The molecule has 36 heavy (non-hydrogen) atoms. The number of hydrogen-bond acceptors (Lipinski definition) is 4. The van der Waals surface area contributed by atoms with Crippen molar-refractivity contribution in [3.8, 4) is 0 Å². The lowest BCUT2D eigenvalue weighted by Gasteiger charge is -2.35. The number of nitrogens with zero attached hydrogens (tertiary/aromatic N) is 3. The fourth-order valence-corrected chi connectivity index (χ4v) is 6.14. The number of carbonyl (C=O) groups excluding carboxylic acids is 1. The third-order valence-corrected chi connectivity index (χ3v) is 7.84. The quantitative estimate of drug-likeness (QED) is 0.687. The molecule has 0 unspecified atom stereocenters. The molecule has 1 atom stereocenters. The van der Waals surface area contributed by atoms with Gasteiger partial charge in [0, 0.05) is 31.2 Å². The molecule has 1 amide bonds. The molecule has 0 radical (unpaired) electrons. The highest BCUT2D eigenvalue weighted by atomic mass is 19.4. The van der Waals surface area contributed by atoms with Gasteiger partial charge < -0.3 is 10.0 Å². The summed E-state index contributed by atoms with van der Waals surface area (Å²) in [6, 6.07) is 2.39. The third kappa shape index (κ3) is 4.04. The van der Waals surface area contributed by atoms with Gasteiger partial charge in [0.1, 0.15) is 5.56 Å². The second kappa shape index (κ2) is 8.94. The Morgan fingerprint density at radius 3 is 2.28 bits per heavy atom. The Balaban J connectivity index is 1.53. The lowest BCUT2D eigenvalue weighted by atomic mass is 9.90. The van der Waals surface area contributed by atoms with Gasteiger partial charge in [-0.3, -0.25) is 18.7 Å². The highest BCUT2D eigenvalue weighted by Gasteiger charge is 2.39. The van der Waals surface area contributed by atoms with Crippen LogP contribution in [0.15, 0.2) is 34.0 Å². The average molecular weight is 505 g/mol. The molecule has 2 heterocycles. The van der Waals surface area contributed by atoms with Crippen molar-refractivity contribution in [3.63, 3.8) is 0 Å². The molecule has 192 valence electrons. The molecule has 1 aromatic heterocycles. The van der Waals surface area contributed by atoms with Crippen LogP contribution in [-0.2, 0) is 17.4 Å². The van der Waals surface area contributed by atoms with E-state index in [2.05, 4.69) is 0 Å².